The van der Waals surface area contributed by atoms with Crippen molar-refractivity contribution in [3.63, 3.8) is 0 Å². The van der Waals surface area contributed by atoms with Crippen molar-refractivity contribution in [1.29, 1.82) is 0 Å². The summed E-state index contributed by atoms with van der Waals surface area (Å²) in [7, 11) is 0. The minimum absolute atomic E-state index is 0.0849. The van der Waals surface area contributed by atoms with Gasteiger partial charge in [-0.25, -0.2) is 4.39 Å². The second-order valence-corrected chi connectivity index (χ2v) is 4.80. The second-order valence-electron chi connectivity index (χ2n) is 3.98. The number of ether oxygens (including phenoxy) is 1. The Morgan fingerprint density at radius 1 is 1.31 bits per heavy atom. The second kappa shape index (κ2) is 4.15. The van der Waals surface area contributed by atoms with Gasteiger partial charge in [0.1, 0.15) is 6.10 Å². The highest BCUT2D eigenvalue weighted by Crippen LogP contribution is 2.31. The van der Waals surface area contributed by atoms with Gasteiger partial charge in [0.25, 0.3) is 0 Å². The molecule has 1 heterocycles. The number of rotatable bonds is 2. The lowest BCUT2D eigenvalue weighted by atomic mass is 10.00. The van der Waals surface area contributed by atoms with Gasteiger partial charge in [0.05, 0.1) is 12.2 Å². The first-order chi connectivity index (χ1) is 5.95. The quantitative estimate of drug-likeness (QED) is 0.672. The topological polar surface area (TPSA) is 29.5 Å². The lowest BCUT2D eigenvalue weighted by Crippen LogP contribution is -2.33. The monoisotopic (exact) mass is 208 g/mol. The zero-order valence-electron chi connectivity index (χ0n) is 8.14. The van der Waals surface area contributed by atoms with Crippen LogP contribution in [0.25, 0.3) is 0 Å². The van der Waals surface area contributed by atoms with E-state index in [-0.39, 0.29) is 11.2 Å². The van der Waals surface area contributed by atoms with E-state index >= 15 is 0 Å². The van der Waals surface area contributed by atoms with Crippen molar-refractivity contribution in [2.24, 2.45) is 5.92 Å². The van der Waals surface area contributed by atoms with Crippen LogP contribution in [0.2, 0.25) is 0 Å². The number of hydrogen-bond acceptors (Lipinski definition) is 3. The third-order valence-electron chi connectivity index (χ3n) is 2.42. The summed E-state index contributed by atoms with van der Waals surface area (Å²) >= 11 is 4.15. The smallest absolute Gasteiger partial charge is 0.155 e. The van der Waals surface area contributed by atoms with Crippen LogP contribution >= 0.6 is 12.6 Å². The first kappa shape index (κ1) is 11.3. The van der Waals surface area contributed by atoms with Crippen LogP contribution in [-0.4, -0.2) is 34.8 Å². The fourth-order valence-electron chi connectivity index (χ4n) is 1.64. The third-order valence-corrected chi connectivity index (χ3v) is 2.72. The highest BCUT2D eigenvalue weighted by atomic mass is 32.1. The van der Waals surface area contributed by atoms with E-state index in [9.17, 15) is 9.50 Å². The van der Waals surface area contributed by atoms with Crippen LogP contribution < -0.4 is 0 Å². The van der Waals surface area contributed by atoms with Crippen molar-refractivity contribution in [1.82, 2.24) is 0 Å². The number of aliphatic hydroxyl groups is 1. The average molecular weight is 208 g/mol. The maximum atomic E-state index is 13.4. The summed E-state index contributed by atoms with van der Waals surface area (Å²) in [5.41, 5.74) is 0. The average Bonchev–Trinajstić information content (AvgIpc) is 2.29. The number of halogens is 1. The van der Waals surface area contributed by atoms with Crippen molar-refractivity contribution in [3.8, 4) is 0 Å². The summed E-state index contributed by atoms with van der Waals surface area (Å²) in [5.74, 6) is 0.0849. The van der Waals surface area contributed by atoms with Crippen LogP contribution in [0.3, 0.4) is 0 Å². The number of hydrogen-bond donors (Lipinski definition) is 2. The third kappa shape index (κ3) is 2.17. The molecule has 0 amide bonds. The van der Waals surface area contributed by atoms with Gasteiger partial charge in [-0.3, -0.25) is 0 Å². The van der Waals surface area contributed by atoms with Crippen molar-refractivity contribution < 1.29 is 14.2 Å². The highest BCUT2D eigenvalue weighted by molar-refractivity contribution is 7.81. The fourth-order valence-corrected chi connectivity index (χ4v) is 1.88. The van der Waals surface area contributed by atoms with Gasteiger partial charge < -0.3 is 9.84 Å². The molecule has 78 valence electrons. The number of aliphatic hydroxyl groups excluding tert-OH is 1. The maximum absolute atomic E-state index is 13.4. The molecule has 1 aliphatic heterocycles. The number of thiol groups is 1. The standard InChI is InChI=1S/C9H17FO2S/c1-4(2)8-6(10)7(11)9(12-8)5(3)13/h4-9,11,13H,1-3H3/t5?,6-,7-,8-,9+/m0/s1. The highest BCUT2D eigenvalue weighted by Gasteiger charge is 2.46. The van der Waals surface area contributed by atoms with Crippen molar-refractivity contribution in [2.45, 2.75) is 50.5 Å². The van der Waals surface area contributed by atoms with Gasteiger partial charge in [0.15, 0.2) is 6.17 Å². The van der Waals surface area contributed by atoms with E-state index in [1.54, 1.807) is 6.92 Å². The Bertz CT molecular complexity index is 157. The predicted molar refractivity (Wildman–Crippen MR) is 52.8 cm³/mol. The Balaban J connectivity index is 2.66. The molecule has 0 spiro atoms. The molecular formula is C9H17FO2S. The molecule has 0 radical (unpaired) electrons. The van der Waals surface area contributed by atoms with Crippen LogP contribution in [-0.2, 0) is 4.74 Å². The minimum atomic E-state index is -1.28. The van der Waals surface area contributed by atoms with Gasteiger partial charge in [0, 0.05) is 5.25 Å². The predicted octanol–water partition coefficient (Wildman–Crippen LogP) is 1.43. The summed E-state index contributed by atoms with van der Waals surface area (Å²) in [5, 5.41) is 9.36. The lowest BCUT2D eigenvalue weighted by molar-refractivity contribution is -0.00654. The van der Waals surface area contributed by atoms with E-state index < -0.39 is 24.5 Å². The van der Waals surface area contributed by atoms with E-state index in [0.29, 0.717) is 0 Å². The summed E-state index contributed by atoms with van der Waals surface area (Å²) in [4.78, 5) is 0. The van der Waals surface area contributed by atoms with Crippen LogP contribution in [0.4, 0.5) is 4.39 Å². The Labute approximate surface area is 83.9 Å². The molecule has 4 heteroatoms. The molecule has 1 N–H and O–H groups in total. The molecule has 2 nitrogen and oxygen atoms in total. The molecule has 0 aromatic rings. The molecule has 0 aromatic carbocycles. The van der Waals surface area contributed by atoms with Gasteiger partial charge in [-0.15, -0.1) is 0 Å². The first-order valence-electron chi connectivity index (χ1n) is 4.60. The normalized spacial score (nSPS) is 42.7. The summed E-state index contributed by atoms with van der Waals surface area (Å²) < 4.78 is 18.8. The van der Waals surface area contributed by atoms with Crippen LogP contribution in [0.15, 0.2) is 0 Å². The Morgan fingerprint density at radius 2 is 1.85 bits per heavy atom. The van der Waals surface area contributed by atoms with Crippen LogP contribution in [0, 0.1) is 5.92 Å². The molecular weight excluding hydrogens is 191 g/mol. The van der Waals surface area contributed by atoms with Gasteiger partial charge in [-0.2, -0.15) is 12.6 Å². The molecule has 0 saturated carbocycles. The minimum Gasteiger partial charge on any atom is -0.387 e. The lowest BCUT2D eigenvalue weighted by Gasteiger charge is -2.18. The van der Waals surface area contributed by atoms with Crippen molar-refractivity contribution in [3.05, 3.63) is 0 Å². The molecule has 1 unspecified atom stereocenters. The molecule has 0 aliphatic carbocycles. The first-order valence-corrected chi connectivity index (χ1v) is 5.12. The molecule has 1 fully saturated rings. The van der Waals surface area contributed by atoms with Gasteiger partial charge >= 0.3 is 0 Å². The van der Waals surface area contributed by atoms with Crippen molar-refractivity contribution in [2.75, 3.05) is 0 Å². The maximum Gasteiger partial charge on any atom is 0.155 e. The summed E-state index contributed by atoms with van der Waals surface area (Å²) in [6.45, 7) is 5.57. The van der Waals surface area contributed by atoms with Gasteiger partial charge in [-0.05, 0) is 5.92 Å². The van der Waals surface area contributed by atoms with Gasteiger partial charge in [-0.1, -0.05) is 20.8 Å². The largest absolute Gasteiger partial charge is 0.387 e. The molecule has 5 atom stereocenters. The molecule has 0 aromatic heterocycles. The van der Waals surface area contributed by atoms with E-state index in [2.05, 4.69) is 12.6 Å². The van der Waals surface area contributed by atoms with Crippen molar-refractivity contribution >= 4 is 12.6 Å². The fraction of sp³-hybridized carbons (Fsp3) is 1.00. The Morgan fingerprint density at radius 3 is 2.08 bits per heavy atom. The van der Waals surface area contributed by atoms with E-state index in [4.69, 9.17) is 4.74 Å². The van der Waals surface area contributed by atoms with Crippen LogP contribution in [0.1, 0.15) is 20.8 Å². The van der Waals surface area contributed by atoms with Gasteiger partial charge in [0.2, 0.25) is 0 Å². The molecule has 1 aliphatic rings. The summed E-state index contributed by atoms with van der Waals surface area (Å²) in [6.07, 6.45) is -3.28. The zero-order chi connectivity index (χ0) is 10.2. The molecule has 13 heavy (non-hydrogen) atoms. The van der Waals surface area contributed by atoms with E-state index in [0.717, 1.165) is 0 Å². The molecule has 0 bridgehead atoms. The zero-order valence-corrected chi connectivity index (χ0v) is 9.04. The molecule has 1 rings (SSSR count). The SMILES string of the molecule is CC(S)[C@H]1O[C@@H](C(C)C)[C@@H](F)[C@@H]1O. The Kier molecular flexibility index (Phi) is 3.60. The van der Waals surface area contributed by atoms with E-state index in [1.807, 2.05) is 13.8 Å². The van der Waals surface area contributed by atoms with E-state index in [1.165, 1.54) is 0 Å². The molecule has 1 saturated heterocycles. The Hall–Kier alpha value is 0.200. The number of alkyl halides is 1. The van der Waals surface area contributed by atoms with Crippen LogP contribution in [0.5, 0.6) is 0 Å². The summed E-state index contributed by atoms with van der Waals surface area (Å²) in [6, 6.07) is 0.